The summed E-state index contributed by atoms with van der Waals surface area (Å²) in [5.74, 6) is 0. The van der Waals surface area contributed by atoms with E-state index < -0.39 is 0 Å². The first-order valence-electron chi connectivity index (χ1n) is 6.76. The first-order chi connectivity index (χ1) is 8.24. The normalized spacial score (nSPS) is 17.4. The molecule has 17 heavy (non-hydrogen) atoms. The number of nitrogens with two attached hydrogens (primary N) is 1. The molecule has 0 spiro atoms. The number of rotatable bonds is 6. The summed E-state index contributed by atoms with van der Waals surface area (Å²) >= 11 is 0. The second kappa shape index (κ2) is 5.19. The average Bonchev–Trinajstić information content (AvgIpc) is 3.17. The van der Waals surface area contributed by atoms with Crippen molar-refractivity contribution >= 4 is 0 Å². The molecular weight excluding hydrogens is 208 g/mol. The molecule has 1 aliphatic rings. The molecule has 2 nitrogen and oxygen atoms in total. The van der Waals surface area contributed by atoms with Crippen LogP contribution >= 0.6 is 0 Å². The van der Waals surface area contributed by atoms with Gasteiger partial charge in [0.05, 0.1) is 0 Å². The zero-order valence-electron chi connectivity index (χ0n) is 11.1. The summed E-state index contributed by atoms with van der Waals surface area (Å²) in [5.41, 5.74) is 9.02. The maximum Gasteiger partial charge on any atom is 0.0233 e. The van der Waals surface area contributed by atoms with Crippen molar-refractivity contribution in [3.63, 3.8) is 0 Å². The molecule has 0 atom stereocenters. The van der Waals surface area contributed by atoms with Gasteiger partial charge in [-0.1, -0.05) is 38.1 Å². The van der Waals surface area contributed by atoms with Crippen molar-refractivity contribution in [1.82, 2.24) is 4.90 Å². The van der Waals surface area contributed by atoms with Crippen molar-refractivity contribution in [1.29, 1.82) is 0 Å². The van der Waals surface area contributed by atoms with Crippen LogP contribution < -0.4 is 5.73 Å². The molecule has 1 aromatic rings. The highest BCUT2D eigenvalue weighted by Gasteiger charge is 2.42. The molecule has 0 heterocycles. The number of benzene rings is 1. The molecule has 0 radical (unpaired) electrons. The lowest BCUT2D eigenvalue weighted by molar-refractivity contribution is 0.296. The monoisotopic (exact) mass is 232 g/mol. The van der Waals surface area contributed by atoms with E-state index in [9.17, 15) is 0 Å². The highest BCUT2D eigenvalue weighted by atomic mass is 15.1. The molecular formula is C15H24N2. The van der Waals surface area contributed by atoms with Gasteiger partial charge in [-0.15, -0.1) is 0 Å². The van der Waals surface area contributed by atoms with Gasteiger partial charge in [0.2, 0.25) is 0 Å². The Labute approximate surface area is 105 Å². The lowest BCUT2D eigenvalue weighted by atomic mass is 9.95. The maximum atomic E-state index is 5.85. The van der Waals surface area contributed by atoms with Gasteiger partial charge in [0, 0.05) is 18.5 Å². The van der Waals surface area contributed by atoms with Crippen LogP contribution in [0.15, 0.2) is 24.3 Å². The van der Waals surface area contributed by atoms with Gasteiger partial charge in [-0.25, -0.2) is 0 Å². The molecule has 0 amide bonds. The van der Waals surface area contributed by atoms with Crippen LogP contribution in [0.1, 0.15) is 37.8 Å². The third-order valence-electron chi connectivity index (χ3n) is 4.11. The molecule has 2 rings (SSSR count). The predicted molar refractivity (Wildman–Crippen MR) is 73.0 cm³/mol. The first kappa shape index (κ1) is 12.6. The molecule has 1 aromatic carbocycles. The van der Waals surface area contributed by atoms with E-state index in [1.54, 1.807) is 0 Å². The first-order valence-corrected chi connectivity index (χ1v) is 6.76. The van der Waals surface area contributed by atoms with Crippen LogP contribution in [0.25, 0.3) is 0 Å². The van der Waals surface area contributed by atoms with Crippen LogP contribution in [0.4, 0.5) is 0 Å². The van der Waals surface area contributed by atoms with Gasteiger partial charge in [0.1, 0.15) is 0 Å². The van der Waals surface area contributed by atoms with Gasteiger partial charge >= 0.3 is 0 Å². The standard InChI is InChI=1S/C15H24N2/c1-3-17(4-2)11-13-5-7-14(8-6-13)15(12-16)9-10-15/h5-8H,3-4,9-12,16H2,1-2H3. The largest absolute Gasteiger partial charge is 0.330 e. The Hall–Kier alpha value is -0.860. The van der Waals surface area contributed by atoms with E-state index in [1.807, 2.05) is 0 Å². The quantitative estimate of drug-likeness (QED) is 0.816. The fraction of sp³-hybridized carbons (Fsp3) is 0.600. The topological polar surface area (TPSA) is 29.3 Å². The minimum Gasteiger partial charge on any atom is -0.330 e. The molecule has 2 N–H and O–H groups in total. The summed E-state index contributed by atoms with van der Waals surface area (Å²) in [6.45, 7) is 8.51. The summed E-state index contributed by atoms with van der Waals surface area (Å²) in [5, 5.41) is 0. The van der Waals surface area contributed by atoms with E-state index in [0.717, 1.165) is 26.2 Å². The van der Waals surface area contributed by atoms with Gasteiger partial charge in [0.25, 0.3) is 0 Å². The average molecular weight is 232 g/mol. The summed E-state index contributed by atoms with van der Waals surface area (Å²) < 4.78 is 0. The molecule has 0 unspecified atom stereocenters. The fourth-order valence-electron chi connectivity index (χ4n) is 2.43. The van der Waals surface area contributed by atoms with Crippen LogP contribution in [0.5, 0.6) is 0 Å². The van der Waals surface area contributed by atoms with Crippen LogP contribution in [-0.4, -0.2) is 24.5 Å². The van der Waals surface area contributed by atoms with Crippen LogP contribution in [-0.2, 0) is 12.0 Å². The van der Waals surface area contributed by atoms with Gasteiger partial charge in [-0.3, -0.25) is 4.90 Å². The Kier molecular flexibility index (Phi) is 3.85. The van der Waals surface area contributed by atoms with Crippen molar-refractivity contribution in [2.45, 2.75) is 38.6 Å². The molecule has 2 heteroatoms. The van der Waals surface area contributed by atoms with Gasteiger partial charge < -0.3 is 5.73 Å². The van der Waals surface area contributed by atoms with Crippen molar-refractivity contribution < 1.29 is 0 Å². The van der Waals surface area contributed by atoms with E-state index >= 15 is 0 Å². The molecule has 0 bridgehead atoms. The minimum absolute atomic E-state index is 0.327. The van der Waals surface area contributed by atoms with Crippen LogP contribution in [0.2, 0.25) is 0 Å². The van der Waals surface area contributed by atoms with Gasteiger partial charge in [-0.2, -0.15) is 0 Å². The van der Waals surface area contributed by atoms with E-state index in [0.29, 0.717) is 5.41 Å². The SMILES string of the molecule is CCN(CC)Cc1ccc(C2(CN)CC2)cc1. The molecule has 1 saturated carbocycles. The summed E-state index contributed by atoms with van der Waals surface area (Å²) in [6.07, 6.45) is 2.53. The fourth-order valence-corrected chi connectivity index (χ4v) is 2.43. The highest BCUT2D eigenvalue weighted by molar-refractivity contribution is 5.34. The van der Waals surface area contributed by atoms with E-state index in [1.165, 1.54) is 24.0 Å². The highest BCUT2D eigenvalue weighted by Crippen LogP contribution is 2.47. The second-order valence-corrected chi connectivity index (χ2v) is 5.14. The Bertz CT molecular complexity index is 348. The third kappa shape index (κ3) is 2.70. The Morgan fingerprint density at radius 2 is 1.71 bits per heavy atom. The van der Waals surface area contributed by atoms with Gasteiger partial charge in [-0.05, 0) is 37.1 Å². The second-order valence-electron chi connectivity index (χ2n) is 5.14. The zero-order chi connectivity index (χ0) is 12.3. The summed E-state index contributed by atoms with van der Waals surface area (Å²) in [7, 11) is 0. The lowest BCUT2D eigenvalue weighted by Crippen LogP contribution is -2.22. The van der Waals surface area contributed by atoms with Gasteiger partial charge in [0.15, 0.2) is 0 Å². The molecule has 0 saturated heterocycles. The smallest absolute Gasteiger partial charge is 0.0233 e. The predicted octanol–water partition coefficient (Wildman–Crippen LogP) is 2.52. The molecule has 0 aromatic heterocycles. The van der Waals surface area contributed by atoms with Crippen LogP contribution in [0.3, 0.4) is 0 Å². The number of hydrogen-bond acceptors (Lipinski definition) is 2. The third-order valence-corrected chi connectivity index (χ3v) is 4.11. The van der Waals surface area contributed by atoms with Crippen molar-refractivity contribution in [2.75, 3.05) is 19.6 Å². The molecule has 1 fully saturated rings. The number of hydrogen-bond donors (Lipinski definition) is 1. The summed E-state index contributed by atoms with van der Waals surface area (Å²) in [6, 6.07) is 9.09. The van der Waals surface area contributed by atoms with Crippen LogP contribution in [0, 0.1) is 0 Å². The Morgan fingerprint density at radius 3 is 2.12 bits per heavy atom. The minimum atomic E-state index is 0.327. The zero-order valence-corrected chi connectivity index (χ0v) is 11.1. The van der Waals surface area contributed by atoms with Crippen molar-refractivity contribution in [3.8, 4) is 0 Å². The number of nitrogens with zero attached hydrogens (tertiary/aromatic N) is 1. The summed E-state index contributed by atoms with van der Waals surface area (Å²) in [4.78, 5) is 2.44. The molecule has 1 aliphatic carbocycles. The van der Waals surface area contributed by atoms with Crippen molar-refractivity contribution in [3.05, 3.63) is 35.4 Å². The van der Waals surface area contributed by atoms with E-state index in [4.69, 9.17) is 5.73 Å². The molecule has 94 valence electrons. The van der Waals surface area contributed by atoms with E-state index in [-0.39, 0.29) is 0 Å². The lowest BCUT2D eigenvalue weighted by Gasteiger charge is -2.19. The Morgan fingerprint density at radius 1 is 1.12 bits per heavy atom. The van der Waals surface area contributed by atoms with E-state index in [2.05, 4.69) is 43.0 Å². The van der Waals surface area contributed by atoms with Crippen molar-refractivity contribution in [2.24, 2.45) is 5.73 Å². The molecule has 0 aliphatic heterocycles. The maximum absolute atomic E-state index is 5.85. The Balaban J connectivity index is 2.03.